The van der Waals surface area contributed by atoms with E-state index in [2.05, 4.69) is 10.3 Å². The molecule has 7 heteroatoms. The Morgan fingerprint density at radius 3 is 2.84 bits per heavy atom. The number of piperidine rings is 1. The number of pyridine rings is 1. The molecule has 0 saturated carbocycles. The van der Waals surface area contributed by atoms with Gasteiger partial charge in [0.05, 0.1) is 11.9 Å². The third kappa shape index (κ3) is 6.25. The minimum absolute atomic E-state index is 0.127. The van der Waals surface area contributed by atoms with E-state index in [1.807, 2.05) is 26.8 Å². The zero-order valence-corrected chi connectivity index (χ0v) is 15.5. The largest absolute Gasteiger partial charge is 0.444 e. The summed E-state index contributed by atoms with van der Waals surface area (Å²) < 4.78 is 5.38. The molecule has 138 valence electrons. The Hall–Kier alpha value is -2.31. The SMILES string of the molecule is CN(C[C@H]1CCCN(C(=O)Nc2cccnc2)C1)C(=O)OC(C)(C)C. The number of hydrogen-bond donors (Lipinski definition) is 1. The predicted octanol–water partition coefficient (Wildman–Crippen LogP) is 3.19. The number of amides is 3. The smallest absolute Gasteiger partial charge is 0.410 e. The van der Waals surface area contributed by atoms with Crippen LogP contribution in [0, 0.1) is 5.92 Å². The maximum atomic E-state index is 12.4. The van der Waals surface area contributed by atoms with Crippen LogP contribution in [-0.4, -0.2) is 59.2 Å². The molecule has 1 aromatic rings. The molecule has 1 fully saturated rings. The molecule has 0 aromatic carbocycles. The standard InChI is InChI=1S/C18H28N4O3/c1-18(2,3)25-17(24)21(4)12-14-7-6-10-22(13-14)16(23)20-15-8-5-9-19-11-15/h5,8-9,11,14H,6-7,10,12-13H2,1-4H3,(H,20,23)/t14-/m1/s1. The van der Waals surface area contributed by atoms with E-state index < -0.39 is 5.60 Å². The molecule has 1 N–H and O–H groups in total. The van der Waals surface area contributed by atoms with Crippen molar-refractivity contribution in [1.29, 1.82) is 0 Å². The number of carbonyl (C=O) groups is 2. The average Bonchev–Trinajstić information content (AvgIpc) is 2.54. The van der Waals surface area contributed by atoms with Crippen molar-refractivity contribution < 1.29 is 14.3 Å². The molecule has 2 rings (SSSR count). The number of urea groups is 1. The number of nitrogens with zero attached hydrogens (tertiary/aromatic N) is 3. The summed E-state index contributed by atoms with van der Waals surface area (Å²) in [4.78, 5) is 31.9. The molecule has 0 spiro atoms. The van der Waals surface area contributed by atoms with E-state index >= 15 is 0 Å². The second kappa shape index (κ2) is 8.18. The Kier molecular flexibility index (Phi) is 6.22. The number of carbonyl (C=O) groups excluding carboxylic acids is 2. The van der Waals surface area contributed by atoms with Crippen LogP contribution in [0.2, 0.25) is 0 Å². The molecule has 2 heterocycles. The molecule has 25 heavy (non-hydrogen) atoms. The fourth-order valence-corrected chi connectivity index (χ4v) is 2.84. The molecule has 1 atom stereocenters. The maximum absolute atomic E-state index is 12.4. The van der Waals surface area contributed by atoms with Gasteiger partial charge in [0.25, 0.3) is 0 Å². The molecule has 3 amide bonds. The van der Waals surface area contributed by atoms with Crippen LogP contribution in [0.15, 0.2) is 24.5 Å². The summed E-state index contributed by atoms with van der Waals surface area (Å²) >= 11 is 0. The quantitative estimate of drug-likeness (QED) is 0.910. The van der Waals surface area contributed by atoms with E-state index in [0.717, 1.165) is 19.4 Å². The third-order valence-electron chi connectivity index (χ3n) is 3.96. The van der Waals surface area contributed by atoms with Crippen molar-refractivity contribution in [3.63, 3.8) is 0 Å². The first-order valence-corrected chi connectivity index (χ1v) is 8.64. The first-order chi connectivity index (χ1) is 11.7. The van der Waals surface area contributed by atoms with Gasteiger partial charge >= 0.3 is 12.1 Å². The van der Waals surface area contributed by atoms with Crippen LogP contribution in [0.1, 0.15) is 33.6 Å². The second-order valence-corrected chi connectivity index (χ2v) is 7.49. The summed E-state index contributed by atoms with van der Waals surface area (Å²) in [6.07, 6.45) is 4.87. The lowest BCUT2D eigenvalue weighted by Gasteiger charge is -2.35. The van der Waals surface area contributed by atoms with Gasteiger partial charge in [0.15, 0.2) is 0 Å². The fourth-order valence-electron chi connectivity index (χ4n) is 2.84. The van der Waals surface area contributed by atoms with Gasteiger partial charge in [0, 0.05) is 32.9 Å². The van der Waals surface area contributed by atoms with Gasteiger partial charge in [-0.15, -0.1) is 0 Å². The van der Waals surface area contributed by atoms with Gasteiger partial charge < -0.3 is 19.9 Å². The number of nitrogens with one attached hydrogen (secondary N) is 1. The lowest BCUT2D eigenvalue weighted by atomic mass is 9.98. The molecule has 0 unspecified atom stereocenters. The molecule has 1 aromatic heterocycles. The predicted molar refractivity (Wildman–Crippen MR) is 96.4 cm³/mol. The van der Waals surface area contributed by atoms with Gasteiger partial charge in [0.1, 0.15) is 5.60 Å². The number of hydrogen-bond acceptors (Lipinski definition) is 4. The van der Waals surface area contributed by atoms with Crippen LogP contribution >= 0.6 is 0 Å². The topological polar surface area (TPSA) is 74.8 Å². The van der Waals surface area contributed by atoms with Crippen molar-refractivity contribution in [2.75, 3.05) is 32.0 Å². The Morgan fingerprint density at radius 1 is 1.44 bits per heavy atom. The summed E-state index contributed by atoms with van der Waals surface area (Å²) in [5.74, 6) is 0.242. The first kappa shape index (κ1) is 19.0. The number of ether oxygens (including phenoxy) is 1. The Morgan fingerprint density at radius 2 is 2.20 bits per heavy atom. The van der Waals surface area contributed by atoms with Crippen LogP contribution < -0.4 is 5.32 Å². The van der Waals surface area contributed by atoms with E-state index in [9.17, 15) is 9.59 Å². The fraction of sp³-hybridized carbons (Fsp3) is 0.611. The maximum Gasteiger partial charge on any atom is 0.410 e. The highest BCUT2D eigenvalue weighted by molar-refractivity contribution is 5.89. The van der Waals surface area contributed by atoms with Crippen molar-refractivity contribution in [3.8, 4) is 0 Å². The average molecular weight is 348 g/mol. The van der Waals surface area contributed by atoms with E-state index in [1.165, 1.54) is 0 Å². The van der Waals surface area contributed by atoms with Gasteiger partial charge in [-0.1, -0.05) is 0 Å². The van der Waals surface area contributed by atoms with Gasteiger partial charge in [-0.3, -0.25) is 4.98 Å². The molecule has 1 aliphatic heterocycles. The van der Waals surface area contributed by atoms with E-state index in [0.29, 0.717) is 18.8 Å². The number of aromatic nitrogens is 1. The van der Waals surface area contributed by atoms with E-state index in [-0.39, 0.29) is 18.0 Å². The second-order valence-electron chi connectivity index (χ2n) is 7.49. The molecular weight excluding hydrogens is 320 g/mol. The highest BCUT2D eigenvalue weighted by Gasteiger charge is 2.27. The van der Waals surface area contributed by atoms with E-state index in [1.54, 1.807) is 35.3 Å². The highest BCUT2D eigenvalue weighted by atomic mass is 16.6. The lowest BCUT2D eigenvalue weighted by Crippen LogP contribution is -2.46. The monoisotopic (exact) mass is 348 g/mol. The van der Waals surface area contributed by atoms with Crippen molar-refractivity contribution in [3.05, 3.63) is 24.5 Å². The van der Waals surface area contributed by atoms with Gasteiger partial charge in [-0.2, -0.15) is 0 Å². The summed E-state index contributed by atoms with van der Waals surface area (Å²) in [7, 11) is 1.74. The first-order valence-electron chi connectivity index (χ1n) is 8.64. The number of rotatable bonds is 3. The normalized spacial score (nSPS) is 17.8. The Labute approximate surface area is 149 Å². The molecule has 0 bridgehead atoms. The van der Waals surface area contributed by atoms with Crippen LogP contribution in [-0.2, 0) is 4.74 Å². The minimum Gasteiger partial charge on any atom is -0.444 e. The van der Waals surface area contributed by atoms with Crippen molar-refractivity contribution in [1.82, 2.24) is 14.8 Å². The van der Waals surface area contributed by atoms with Crippen LogP contribution in [0.4, 0.5) is 15.3 Å². The molecule has 1 aliphatic rings. The minimum atomic E-state index is -0.506. The Bertz CT molecular complexity index is 586. The molecule has 0 aliphatic carbocycles. The van der Waals surface area contributed by atoms with Crippen molar-refractivity contribution >= 4 is 17.8 Å². The summed E-state index contributed by atoms with van der Waals surface area (Å²) in [5.41, 5.74) is 0.175. The zero-order valence-electron chi connectivity index (χ0n) is 15.5. The van der Waals surface area contributed by atoms with Crippen LogP contribution in [0.3, 0.4) is 0 Å². The van der Waals surface area contributed by atoms with Gasteiger partial charge in [-0.25, -0.2) is 9.59 Å². The van der Waals surface area contributed by atoms with Crippen molar-refractivity contribution in [2.45, 2.75) is 39.2 Å². The van der Waals surface area contributed by atoms with Crippen LogP contribution in [0.5, 0.6) is 0 Å². The van der Waals surface area contributed by atoms with Crippen LogP contribution in [0.25, 0.3) is 0 Å². The molecular formula is C18H28N4O3. The van der Waals surface area contributed by atoms with E-state index in [4.69, 9.17) is 4.74 Å². The highest BCUT2D eigenvalue weighted by Crippen LogP contribution is 2.19. The number of anilines is 1. The molecule has 7 nitrogen and oxygen atoms in total. The molecule has 0 radical (unpaired) electrons. The summed E-state index contributed by atoms with van der Waals surface area (Å²) in [6.45, 7) is 7.47. The zero-order chi connectivity index (χ0) is 18.4. The Balaban J connectivity index is 1.85. The molecule has 1 saturated heterocycles. The van der Waals surface area contributed by atoms with Gasteiger partial charge in [-0.05, 0) is 51.7 Å². The lowest BCUT2D eigenvalue weighted by molar-refractivity contribution is 0.0253. The summed E-state index contributed by atoms with van der Waals surface area (Å²) in [6, 6.07) is 3.46. The van der Waals surface area contributed by atoms with Gasteiger partial charge in [0.2, 0.25) is 0 Å². The third-order valence-corrected chi connectivity index (χ3v) is 3.96. The number of likely N-dealkylation sites (tertiary alicyclic amines) is 1. The summed E-state index contributed by atoms with van der Waals surface area (Å²) in [5, 5.41) is 2.86. The van der Waals surface area contributed by atoms with Crippen molar-refractivity contribution in [2.24, 2.45) is 5.92 Å².